The fourth-order valence-electron chi connectivity index (χ4n) is 2.83. The van der Waals surface area contributed by atoms with Crippen LogP contribution in [0.5, 0.6) is 11.5 Å². The topological polar surface area (TPSA) is 38.8 Å². The lowest BCUT2D eigenvalue weighted by molar-refractivity contribution is 0.0739. The number of thiophene rings is 1. The van der Waals surface area contributed by atoms with Crippen LogP contribution in [0.2, 0.25) is 0 Å². The minimum Gasteiger partial charge on any atom is -0.490 e. The van der Waals surface area contributed by atoms with Crippen molar-refractivity contribution < 1.29 is 14.3 Å². The van der Waals surface area contributed by atoms with E-state index in [0.29, 0.717) is 19.8 Å². The fourth-order valence-corrected chi connectivity index (χ4v) is 3.52. The smallest absolute Gasteiger partial charge is 0.264 e. The molecule has 0 N–H and O–H groups in total. The number of nitrogens with zero attached hydrogens (tertiary/aromatic N) is 1. The van der Waals surface area contributed by atoms with Gasteiger partial charge in [0.05, 0.1) is 18.1 Å². The fraction of sp³-hybridized carbons (Fsp3) is 0.389. The molecule has 0 radical (unpaired) electrons. The standard InChI is InChI=1S/C18H21NO3S/c1-3-21-15-10-13-7-8-19(18(20)17-6-5-9-23-17)12-14(13)11-16(15)22-4-2/h5-6,9-11H,3-4,7-8,12H2,1-2H3. The molecule has 0 saturated carbocycles. The molecule has 1 aromatic carbocycles. The Kier molecular flexibility index (Phi) is 4.86. The number of hydrogen-bond donors (Lipinski definition) is 0. The van der Waals surface area contributed by atoms with Crippen LogP contribution < -0.4 is 9.47 Å². The first-order chi connectivity index (χ1) is 11.2. The van der Waals surface area contributed by atoms with Crippen LogP contribution in [0.1, 0.15) is 34.6 Å². The van der Waals surface area contributed by atoms with Gasteiger partial charge in [-0.25, -0.2) is 0 Å². The number of ether oxygens (including phenoxy) is 2. The Hall–Kier alpha value is -2.01. The largest absolute Gasteiger partial charge is 0.490 e. The highest BCUT2D eigenvalue weighted by Crippen LogP contribution is 2.34. The molecule has 2 aromatic rings. The predicted octanol–water partition coefficient (Wildman–Crippen LogP) is 3.74. The molecular weight excluding hydrogens is 310 g/mol. The maximum Gasteiger partial charge on any atom is 0.264 e. The van der Waals surface area contributed by atoms with Gasteiger partial charge in [0.2, 0.25) is 0 Å². The number of rotatable bonds is 5. The molecule has 5 heteroatoms. The number of amides is 1. The van der Waals surface area contributed by atoms with E-state index >= 15 is 0 Å². The summed E-state index contributed by atoms with van der Waals surface area (Å²) in [7, 11) is 0. The number of carbonyl (C=O) groups is 1. The normalized spacial score (nSPS) is 13.6. The molecule has 0 unspecified atom stereocenters. The van der Waals surface area contributed by atoms with Gasteiger partial charge >= 0.3 is 0 Å². The van der Waals surface area contributed by atoms with E-state index in [1.807, 2.05) is 42.3 Å². The second kappa shape index (κ2) is 7.04. The molecule has 3 rings (SSSR count). The van der Waals surface area contributed by atoms with Gasteiger partial charge < -0.3 is 14.4 Å². The molecule has 0 fully saturated rings. The summed E-state index contributed by atoms with van der Waals surface area (Å²) in [5, 5.41) is 1.94. The van der Waals surface area contributed by atoms with E-state index in [1.165, 1.54) is 16.9 Å². The molecule has 1 aromatic heterocycles. The summed E-state index contributed by atoms with van der Waals surface area (Å²) in [6.45, 7) is 6.50. The molecule has 0 atom stereocenters. The van der Waals surface area contributed by atoms with Crippen molar-refractivity contribution >= 4 is 17.2 Å². The van der Waals surface area contributed by atoms with Crippen molar-refractivity contribution in [3.63, 3.8) is 0 Å². The second-order valence-corrected chi connectivity index (χ2v) is 6.34. The van der Waals surface area contributed by atoms with E-state index in [2.05, 4.69) is 6.07 Å². The third-order valence-electron chi connectivity index (χ3n) is 3.90. The maximum atomic E-state index is 12.5. The van der Waals surface area contributed by atoms with Gasteiger partial charge in [-0.05, 0) is 55.0 Å². The second-order valence-electron chi connectivity index (χ2n) is 5.39. The lowest BCUT2D eigenvalue weighted by Gasteiger charge is -2.29. The van der Waals surface area contributed by atoms with Gasteiger partial charge in [0.1, 0.15) is 0 Å². The lowest BCUT2D eigenvalue weighted by atomic mass is 9.98. The highest BCUT2D eigenvalue weighted by Gasteiger charge is 2.24. The van der Waals surface area contributed by atoms with Crippen LogP contribution >= 0.6 is 11.3 Å². The molecule has 0 bridgehead atoms. The SMILES string of the molecule is CCOc1cc2c(cc1OCC)CN(C(=O)c1cccs1)CC2. The van der Waals surface area contributed by atoms with Crippen LogP contribution in [0.4, 0.5) is 0 Å². The Morgan fingerprint density at radius 1 is 1.17 bits per heavy atom. The monoisotopic (exact) mass is 331 g/mol. The molecule has 0 saturated heterocycles. The van der Waals surface area contributed by atoms with Gasteiger partial charge in [-0.15, -0.1) is 11.3 Å². The average molecular weight is 331 g/mol. The molecule has 0 aliphatic carbocycles. The molecule has 1 aliphatic heterocycles. The van der Waals surface area contributed by atoms with E-state index in [-0.39, 0.29) is 5.91 Å². The molecule has 1 aliphatic rings. The highest BCUT2D eigenvalue weighted by atomic mass is 32.1. The summed E-state index contributed by atoms with van der Waals surface area (Å²) in [6.07, 6.45) is 0.846. The summed E-state index contributed by atoms with van der Waals surface area (Å²) < 4.78 is 11.4. The summed E-state index contributed by atoms with van der Waals surface area (Å²) in [6, 6.07) is 7.89. The summed E-state index contributed by atoms with van der Waals surface area (Å²) in [5.74, 6) is 1.67. The number of carbonyl (C=O) groups excluding carboxylic acids is 1. The van der Waals surface area contributed by atoms with Gasteiger partial charge in [0.15, 0.2) is 11.5 Å². The van der Waals surface area contributed by atoms with Crippen molar-refractivity contribution in [3.05, 3.63) is 45.6 Å². The van der Waals surface area contributed by atoms with Crippen LogP contribution in [0.15, 0.2) is 29.6 Å². The van der Waals surface area contributed by atoms with Gasteiger partial charge in [-0.1, -0.05) is 6.07 Å². The van der Waals surface area contributed by atoms with Gasteiger partial charge in [-0.3, -0.25) is 4.79 Å². The predicted molar refractivity (Wildman–Crippen MR) is 91.5 cm³/mol. The van der Waals surface area contributed by atoms with E-state index in [1.54, 1.807) is 0 Å². The van der Waals surface area contributed by atoms with E-state index in [0.717, 1.165) is 34.9 Å². The lowest BCUT2D eigenvalue weighted by Crippen LogP contribution is -2.35. The Balaban J connectivity index is 1.85. The van der Waals surface area contributed by atoms with Crippen molar-refractivity contribution in [1.82, 2.24) is 4.90 Å². The van der Waals surface area contributed by atoms with Crippen molar-refractivity contribution in [3.8, 4) is 11.5 Å². The molecular formula is C18H21NO3S. The minimum atomic E-state index is 0.109. The molecule has 0 spiro atoms. The zero-order chi connectivity index (χ0) is 16.2. The molecule has 2 heterocycles. The quantitative estimate of drug-likeness (QED) is 0.838. The third kappa shape index (κ3) is 3.34. The average Bonchev–Trinajstić information content (AvgIpc) is 3.09. The highest BCUT2D eigenvalue weighted by molar-refractivity contribution is 7.12. The summed E-state index contributed by atoms with van der Waals surface area (Å²) in [5.41, 5.74) is 2.39. The summed E-state index contributed by atoms with van der Waals surface area (Å²) in [4.78, 5) is 15.2. The zero-order valence-electron chi connectivity index (χ0n) is 13.5. The first-order valence-corrected chi connectivity index (χ1v) is 8.85. The van der Waals surface area contributed by atoms with Gasteiger partial charge in [0, 0.05) is 13.1 Å². The Labute approximate surface area is 140 Å². The Morgan fingerprint density at radius 2 is 1.87 bits per heavy atom. The van der Waals surface area contributed by atoms with Crippen LogP contribution in [0.25, 0.3) is 0 Å². The first kappa shape index (κ1) is 15.9. The number of benzene rings is 1. The van der Waals surface area contributed by atoms with E-state index < -0.39 is 0 Å². The van der Waals surface area contributed by atoms with Crippen LogP contribution in [-0.2, 0) is 13.0 Å². The van der Waals surface area contributed by atoms with Crippen LogP contribution in [0.3, 0.4) is 0 Å². The number of fused-ring (bicyclic) bond motifs is 1. The zero-order valence-corrected chi connectivity index (χ0v) is 14.3. The van der Waals surface area contributed by atoms with E-state index in [9.17, 15) is 4.79 Å². The Morgan fingerprint density at radius 3 is 2.48 bits per heavy atom. The van der Waals surface area contributed by atoms with Crippen LogP contribution in [0, 0.1) is 0 Å². The molecule has 1 amide bonds. The number of hydrogen-bond acceptors (Lipinski definition) is 4. The van der Waals surface area contributed by atoms with Gasteiger partial charge in [0.25, 0.3) is 5.91 Å². The van der Waals surface area contributed by atoms with Crippen LogP contribution in [-0.4, -0.2) is 30.6 Å². The molecule has 122 valence electrons. The van der Waals surface area contributed by atoms with Crippen molar-refractivity contribution in [1.29, 1.82) is 0 Å². The van der Waals surface area contributed by atoms with Gasteiger partial charge in [-0.2, -0.15) is 0 Å². The Bertz CT molecular complexity index is 682. The third-order valence-corrected chi connectivity index (χ3v) is 4.75. The minimum absolute atomic E-state index is 0.109. The first-order valence-electron chi connectivity index (χ1n) is 7.97. The molecule has 23 heavy (non-hydrogen) atoms. The molecule has 4 nitrogen and oxygen atoms in total. The van der Waals surface area contributed by atoms with Crippen molar-refractivity contribution in [2.75, 3.05) is 19.8 Å². The van der Waals surface area contributed by atoms with Crippen molar-refractivity contribution in [2.24, 2.45) is 0 Å². The van der Waals surface area contributed by atoms with E-state index in [4.69, 9.17) is 9.47 Å². The summed E-state index contributed by atoms with van der Waals surface area (Å²) >= 11 is 1.49. The maximum absolute atomic E-state index is 12.5. The van der Waals surface area contributed by atoms with Crippen molar-refractivity contribution in [2.45, 2.75) is 26.8 Å².